The SMILES string of the molecule is CC(C)(C)c1ccc(N2c3cccc4c3B3c5c(cccc5C(c5ccccc5)(c5ccccc5)c5cccc2c53)S4)cc1. The van der Waals surface area contributed by atoms with Crippen molar-refractivity contribution < 1.29 is 0 Å². The topological polar surface area (TPSA) is 3.24 Å². The summed E-state index contributed by atoms with van der Waals surface area (Å²) in [6, 6.07) is 52.6. The Kier molecular flexibility index (Phi) is 5.47. The van der Waals surface area contributed by atoms with Crippen LogP contribution in [-0.4, -0.2) is 6.71 Å². The van der Waals surface area contributed by atoms with E-state index in [1.165, 1.54) is 71.1 Å². The lowest BCUT2D eigenvalue weighted by Gasteiger charge is -2.50. The Labute approximate surface area is 264 Å². The minimum Gasteiger partial charge on any atom is -0.311 e. The molecular formula is C41H32BNS. The normalized spacial score (nSPS) is 15.2. The van der Waals surface area contributed by atoms with Crippen molar-refractivity contribution in [3.63, 3.8) is 0 Å². The van der Waals surface area contributed by atoms with Gasteiger partial charge in [-0.15, -0.1) is 0 Å². The summed E-state index contributed by atoms with van der Waals surface area (Å²) in [5.74, 6) is 0. The Morgan fingerprint density at radius 1 is 0.523 bits per heavy atom. The van der Waals surface area contributed by atoms with E-state index in [0.29, 0.717) is 0 Å². The van der Waals surface area contributed by atoms with E-state index in [9.17, 15) is 0 Å². The number of anilines is 3. The molecule has 210 valence electrons. The molecule has 0 saturated heterocycles. The molecule has 3 heteroatoms. The fourth-order valence-electron chi connectivity index (χ4n) is 8.12. The molecule has 9 rings (SSSR count). The number of benzene rings is 6. The maximum Gasteiger partial charge on any atom is 0.250 e. The summed E-state index contributed by atoms with van der Waals surface area (Å²) >= 11 is 1.94. The first-order valence-corrected chi connectivity index (χ1v) is 16.4. The molecule has 0 saturated carbocycles. The molecule has 3 heterocycles. The molecule has 6 aromatic rings. The van der Waals surface area contributed by atoms with Gasteiger partial charge in [0.25, 0.3) is 0 Å². The fourth-order valence-corrected chi connectivity index (χ4v) is 9.32. The van der Waals surface area contributed by atoms with Crippen LogP contribution in [0.5, 0.6) is 0 Å². The summed E-state index contributed by atoms with van der Waals surface area (Å²) in [5.41, 5.74) is 14.5. The molecule has 3 aliphatic rings. The summed E-state index contributed by atoms with van der Waals surface area (Å²) in [6.07, 6.45) is 0. The van der Waals surface area contributed by atoms with Crippen LogP contribution in [0, 0.1) is 0 Å². The second-order valence-corrected chi connectivity index (χ2v) is 14.4. The van der Waals surface area contributed by atoms with E-state index in [2.05, 4.69) is 165 Å². The maximum atomic E-state index is 2.53. The van der Waals surface area contributed by atoms with Gasteiger partial charge in [0, 0.05) is 26.9 Å². The van der Waals surface area contributed by atoms with Crippen LogP contribution >= 0.6 is 11.8 Å². The summed E-state index contributed by atoms with van der Waals surface area (Å²) in [6.45, 7) is 7.04. The number of hydrogen-bond donors (Lipinski definition) is 0. The van der Waals surface area contributed by atoms with Crippen LogP contribution in [0.2, 0.25) is 0 Å². The molecule has 6 aromatic carbocycles. The Hall–Kier alpha value is -4.47. The highest BCUT2D eigenvalue weighted by atomic mass is 32.2. The predicted octanol–water partition coefficient (Wildman–Crippen LogP) is 8.44. The van der Waals surface area contributed by atoms with E-state index in [-0.39, 0.29) is 12.1 Å². The van der Waals surface area contributed by atoms with Gasteiger partial charge in [-0.25, -0.2) is 0 Å². The monoisotopic (exact) mass is 581 g/mol. The van der Waals surface area contributed by atoms with Crippen LogP contribution in [0.25, 0.3) is 0 Å². The molecule has 0 aromatic heterocycles. The molecule has 1 nitrogen and oxygen atoms in total. The highest BCUT2D eigenvalue weighted by Gasteiger charge is 2.53. The summed E-state index contributed by atoms with van der Waals surface area (Å²) in [4.78, 5) is 5.26. The number of nitrogens with zero attached hydrogens (tertiary/aromatic N) is 1. The smallest absolute Gasteiger partial charge is 0.250 e. The van der Waals surface area contributed by atoms with Crippen molar-refractivity contribution in [1.82, 2.24) is 0 Å². The lowest BCUT2D eigenvalue weighted by molar-refractivity contribution is 0.590. The van der Waals surface area contributed by atoms with Gasteiger partial charge in [0.1, 0.15) is 0 Å². The second kappa shape index (κ2) is 9.27. The highest BCUT2D eigenvalue weighted by Crippen LogP contribution is 2.51. The molecule has 0 N–H and O–H groups in total. The van der Waals surface area contributed by atoms with Crippen molar-refractivity contribution in [3.05, 3.63) is 167 Å². The van der Waals surface area contributed by atoms with Crippen LogP contribution in [0.1, 0.15) is 48.6 Å². The zero-order chi connectivity index (χ0) is 29.6. The molecule has 0 radical (unpaired) electrons. The Bertz CT molecular complexity index is 2040. The van der Waals surface area contributed by atoms with Crippen LogP contribution in [0.3, 0.4) is 0 Å². The number of hydrogen-bond acceptors (Lipinski definition) is 2. The van der Waals surface area contributed by atoms with Gasteiger partial charge < -0.3 is 4.90 Å². The summed E-state index contributed by atoms with van der Waals surface area (Å²) < 4.78 is 0. The van der Waals surface area contributed by atoms with Gasteiger partial charge in [-0.1, -0.05) is 141 Å². The molecule has 0 spiro atoms. The van der Waals surface area contributed by atoms with Crippen LogP contribution in [0.15, 0.2) is 149 Å². The summed E-state index contributed by atoms with van der Waals surface area (Å²) in [7, 11) is 0. The largest absolute Gasteiger partial charge is 0.311 e. The van der Waals surface area contributed by atoms with E-state index < -0.39 is 5.41 Å². The van der Waals surface area contributed by atoms with E-state index >= 15 is 0 Å². The first-order chi connectivity index (χ1) is 21.5. The van der Waals surface area contributed by atoms with Crippen LogP contribution in [0.4, 0.5) is 17.1 Å². The quantitative estimate of drug-likeness (QED) is 0.193. The standard InChI is InChI=1S/C41H32BNS/c1-40(2,3)27-23-25-30(26-24-27)43-33-19-10-17-31-37(33)42-38-32(18-11-21-35(38)44-36-22-12-20-34(43)39(36)42)41(31,28-13-6-4-7-14-28)29-15-8-5-9-16-29/h4-26H,1-3H3. The minimum atomic E-state index is -0.443. The first-order valence-electron chi connectivity index (χ1n) is 15.6. The third-order valence-corrected chi connectivity index (χ3v) is 11.1. The minimum absolute atomic E-state index is 0.102. The van der Waals surface area contributed by atoms with Crippen molar-refractivity contribution in [2.45, 2.75) is 41.4 Å². The van der Waals surface area contributed by atoms with Gasteiger partial charge in [-0.05, 0) is 80.6 Å². The molecule has 0 fully saturated rings. The molecule has 0 aliphatic carbocycles. The molecule has 0 bridgehead atoms. The van der Waals surface area contributed by atoms with Crippen LogP contribution < -0.4 is 21.3 Å². The van der Waals surface area contributed by atoms with Gasteiger partial charge in [0.2, 0.25) is 6.71 Å². The first kappa shape index (κ1) is 26.0. The van der Waals surface area contributed by atoms with Crippen molar-refractivity contribution in [2.75, 3.05) is 4.90 Å². The third-order valence-electron chi connectivity index (χ3n) is 9.97. The van der Waals surface area contributed by atoms with Crippen molar-refractivity contribution >= 4 is 51.9 Å². The van der Waals surface area contributed by atoms with Gasteiger partial charge in [0.15, 0.2) is 0 Å². The maximum absolute atomic E-state index is 2.53. The third kappa shape index (κ3) is 3.39. The molecule has 0 atom stereocenters. The van der Waals surface area contributed by atoms with Crippen molar-refractivity contribution in [1.29, 1.82) is 0 Å². The number of rotatable bonds is 3. The lowest BCUT2D eigenvalue weighted by atomic mass is 9.29. The Balaban J connectivity index is 1.42. The Morgan fingerprint density at radius 3 is 1.66 bits per heavy atom. The highest BCUT2D eigenvalue weighted by molar-refractivity contribution is 8.00. The average Bonchev–Trinajstić information content (AvgIpc) is 3.06. The van der Waals surface area contributed by atoms with Gasteiger partial charge >= 0.3 is 0 Å². The molecule has 0 unspecified atom stereocenters. The molecule has 3 aliphatic heterocycles. The van der Waals surface area contributed by atoms with E-state index in [4.69, 9.17) is 0 Å². The zero-order valence-electron chi connectivity index (χ0n) is 25.2. The van der Waals surface area contributed by atoms with E-state index in [1.807, 2.05) is 11.8 Å². The predicted molar refractivity (Wildman–Crippen MR) is 187 cm³/mol. The van der Waals surface area contributed by atoms with Crippen LogP contribution in [-0.2, 0) is 10.8 Å². The van der Waals surface area contributed by atoms with Gasteiger partial charge in [-0.2, -0.15) is 0 Å². The van der Waals surface area contributed by atoms with E-state index in [1.54, 1.807) is 0 Å². The second-order valence-electron chi connectivity index (χ2n) is 13.3. The lowest BCUT2D eigenvalue weighted by Crippen LogP contribution is -2.67. The Morgan fingerprint density at radius 2 is 1.05 bits per heavy atom. The molecule has 0 amide bonds. The van der Waals surface area contributed by atoms with Crippen molar-refractivity contribution in [2.24, 2.45) is 0 Å². The average molecular weight is 582 g/mol. The molecule has 44 heavy (non-hydrogen) atoms. The van der Waals surface area contributed by atoms with E-state index in [0.717, 1.165) is 0 Å². The van der Waals surface area contributed by atoms with Gasteiger partial charge in [0.05, 0.1) is 5.41 Å². The van der Waals surface area contributed by atoms with Crippen molar-refractivity contribution in [3.8, 4) is 0 Å². The fraction of sp³-hybridized carbons (Fsp3) is 0.122. The van der Waals surface area contributed by atoms with Gasteiger partial charge in [-0.3, -0.25) is 0 Å². The zero-order valence-corrected chi connectivity index (χ0v) is 26.0. The molecular weight excluding hydrogens is 549 g/mol. The summed E-state index contributed by atoms with van der Waals surface area (Å²) in [5, 5.41) is 0.